The first-order valence-electron chi connectivity index (χ1n) is 11.8. The van der Waals surface area contributed by atoms with Gasteiger partial charge in [0.15, 0.2) is 11.3 Å². The van der Waals surface area contributed by atoms with Crippen molar-refractivity contribution in [3.63, 3.8) is 0 Å². The fourth-order valence-electron chi connectivity index (χ4n) is 4.07. The summed E-state index contributed by atoms with van der Waals surface area (Å²) in [4.78, 5) is 17.0. The second-order valence-electron chi connectivity index (χ2n) is 8.86. The van der Waals surface area contributed by atoms with Crippen LogP contribution < -0.4 is 5.32 Å². The number of anilines is 1. The maximum absolute atomic E-state index is 14.6. The van der Waals surface area contributed by atoms with Crippen LogP contribution in [-0.2, 0) is 19.0 Å². The van der Waals surface area contributed by atoms with Gasteiger partial charge in [-0.1, -0.05) is 0 Å². The summed E-state index contributed by atoms with van der Waals surface area (Å²) in [5.74, 6) is -6.86. The number of hydrogen-bond acceptors (Lipinski definition) is 5. The SMILES string of the molecule is CCn1ncc(Cn2cc(NC(=O)c3cc4nc(-c5ccc(F)cc5)cc(C(F)(F)C(F)(F)F)n4n3)cn2)c1C. The third kappa shape index (κ3) is 4.89. The van der Waals surface area contributed by atoms with E-state index in [-0.39, 0.29) is 21.5 Å². The quantitative estimate of drug-likeness (QED) is 0.275. The van der Waals surface area contributed by atoms with Gasteiger partial charge in [-0.25, -0.2) is 13.9 Å². The summed E-state index contributed by atoms with van der Waals surface area (Å²) in [6.45, 7) is 4.93. The van der Waals surface area contributed by atoms with Gasteiger partial charge in [0.05, 0.1) is 30.3 Å². The molecule has 4 heterocycles. The fourth-order valence-corrected chi connectivity index (χ4v) is 4.07. The first kappa shape index (κ1) is 26.9. The van der Waals surface area contributed by atoms with E-state index in [1.807, 2.05) is 18.5 Å². The molecule has 0 atom stereocenters. The molecule has 0 radical (unpaired) electrons. The third-order valence-corrected chi connectivity index (χ3v) is 6.21. The average molecular weight is 562 g/mol. The van der Waals surface area contributed by atoms with Crippen LogP contribution in [0.5, 0.6) is 0 Å². The van der Waals surface area contributed by atoms with Crippen LogP contribution >= 0.6 is 0 Å². The van der Waals surface area contributed by atoms with Crippen molar-refractivity contribution in [1.82, 2.24) is 34.2 Å². The van der Waals surface area contributed by atoms with E-state index in [0.29, 0.717) is 19.2 Å². The Bertz CT molecular complexity index is 1700. The van der Waals surface area contributed by atoms with Crippen molar-refractivity contribution in [3.8, 4) is 11.3 Å². The Labute approximate surface area is 222 Å². The first-order chi connectivity index (χ1) is 18.9. The van der Waals surface area contributed by atoms with E-state index in [1.54, 1.807) is 10.9 Å². The minimum Gasteiger partial charge on any atom is -0.318 e. The van der Waals surface area contributed by atoms with Crippen LogP contribution in [0.15, 0.2) is 55.0 Å². The number of rotatable bonds is 7. The van der Waals surface area contributed by atoms with E-state index in [4.69, 9.17) is 0 Å². The van der Waals surface area contributed by atoms with Crippen LogP contribution in [0.1, 0.15) is 34.4 Å². The van der Waals surface area contributed by atoms with E-state index in [9.17, 15) is 31.1 Å². The second kappa shape index (κ2) is 9.81. The summed E-state index contributed by atoms with van der Waals surface area (Å²) in [5, 5.41) is 14.6. The molecule has 0 unspecified atom stereocenters. The summed E-state index contributed by atoms with van der Waals surface area (Å²) in [6, 6.07) is 5.87. The fraction of sp³-hybridized carbons (Fsp3) is 0.240. The number of amides is 1. The van der Waals surface area contributed by atoms with Crippen LogP contribution in [0.2, 0.25) is 0 Å². The Hall–Kier alpha value is -4.69. The minimum absolute atomic E-state index is 0.0856. The van der Waals surface area contributed by atoms with Gasteiger partial charge >= 0.3 is 12.1 Å². The number of halogens is 6. The summed E-state index contributed by atoms with van der Waals surface area (Å²) >= 11 is 0. The van der Waals surface area contributed by atoms with Gasteiger partial charge in [0.2, 0.25) is 0 Å². The molecule has 0 spiro atoms. The molecule has 15 heteroatoms. The zero-order valence-corrected chi connectivity index (χ0v) is 20.9. The van der Waals surface area contributed by atoms with Gasteiger partial charge in [-0.3, -0.25) is 14.2 Å². The molecule has 1 aromatic carbocycles. The Morgan fingerprint density at radius 1 is 1.02 bits per heavy atom. The largest absolute Gasteiger partial charge is 0.459 e. The molecule has 5 rings (SSSR count). The van der Waals surface area contributed by atoms with Crippen LogP contribution in [0.4, 0.5) is 32.0 Å². The van der Waals surface area contributed by atoms with Gasteiger partial charge in [-0.2, -0.15) is 37.2 Å². The topological polar surface area (TPSA) is 94.9 Å². The monoisotopic (exact) mass is 562 g/mol. The lowest BCUT2D eigenvalue weighted by Gasteiger charge is -2.21. The zero-order valence-electron chi connectivity index (χ0n) is 20.9. The van der Waals surface area contributed by atoms with E-state index in [2.05, 4.69) is 25.6 Å². The number of nitrogens with one attached hydrogen (secondary N) is 1. The average Bonchev–Trinajstić information content (AvgIpc) is 3.62. The van der Waals surface area contributed by atoms with Gasteiger partial charge < -0.3 is 5.32 Å². The first-order valence-corrected chi connectivity index (χ1v) is 11.8. The number of carbonyl (C=O) groups excluding carboxylic acids is 1. The molecule has 0 aliphatic heterocycles. The van der Waals surface area contributed by atoms with Crippen LogP contribution in [0.3, 0.4) is 0 Å². The molecular weight excluding hydrogens is 542 g/mol. The Kier molecular flexibility index (Phi) is 6.59. The third-order valence-electron chi connectivity index (χ3n) is 6.21. The van der Waals surface area contributed by atoms with Crippen LogP contribution in [0, 0.1) is 12.7 Å². The summed E-state index contributed by atoms with van der Waals surface area (Å²) in [5.41, 5.74) is -0.566. The number of carbonyl (C=O) groups is 1. The lowest BCUT2D eigenvalue weighted by molar-refractivity contribution is -0.291. The van der Waals surface area contributed by atoms with Gasteiger partial charge in [0.1, 0.15) is 11.5 Å². The highest BCUT2D eigenvalue weighted by atomic mass is 19.4. The summed E-state index contributed by atoms with van der Waals surface area (Å²) in [7, 11) is 0. The number of aryl methyl sites for hydroxylation is 1. The lowest BCUT2D eigenvalue weighted by atomic mass is 10.1. The zero-order chi connectivity index (χ0) is 28.8. The normalized spacial score (nSPS) is 12.3. The molecule has 40 heavy (non-hydrogen) atoms. The summed E-state index contributed by atoms with van der Waals surface area (Å²) < 4.78 is 86.1. The number of benzene rings is 1. The van der Waals surface area contributed by atoms with E-state index in [1.165, 1.54) is 24.5 Å². The second-order valence-corrected chi connectivity index (χ2v) is 8.86. The molecule has 0 saturated carbocycles. The molecule has 1 amide bonds. The standard InChI is InChI=1S/C25H20F6N8O/c1-3-38-14(2)16(10-33-38)12-37-13-18(11-32-37)34-23(40)20-9-22-35-19(15-4-6-17(26)7-5-15)8-21(39(22)36-20)24(27,28)25(29,30)31/h4-11,13H,3,12H2,1-2H3,(H,34,40). The molecule has 0 saturated heterocycles. The van der Waals surface area contributed by atoms with Crippen molar-refractivity contribution in [2.45, 2.75) is 39.0 Å². The number of fused-ring (bicyclic) bond motifs is 1. The molecule has 9 nitrogen and oxygen atoms in total. The molecule has 0 fully saturated rings. The summed E-state index contributed by atoms with van der Waals surface area (Å²) in [6.07, 6.45) is -1.39. The number of aromatic nitrogens is 7. The molecule has 4 aromatic heterocycles. The highest BCUT2D eigenvalue weighted by Crippen LogP contribution is 2.44. The Morgan fingerprint density at radius 3 is 2.40 bits per heavy atom. The molecule has 0 aliphatic carbocycles. The molecular formula is C25H20F6N8O. The molecule has 208 valence electrons. The van der Waals surface area contributed by atoms with Crippen LogP contribution in [-0.4, -0.2) is 46.2 Å². The van der Waals surface area contributed by atoms with Crippen molar-refractivity contribution in [2.75, 3.05) is 5.32 Å². The predicted octanol–water partition coefficient (Wildman–Crippen LogP) is 5.21. The molecule has 1 N–H and O–H groups in total. The van der Waals surface area contributed by atoms with Gasteiger partial charge in [0, 0.05) is 35.6 Å². The van der Waals surface area contributed by atoms with E-state index in [0.717, 1.165) is 29.5 Å². The van der Waals surface area contributed by atoms with Crippen molar-refractivity contribution in [3.05, 3.63) is 83.5 Å². The highest BCUT2D eigenvalue weighted by Gasteiger charge is 2.60. The molecule has 5 aromatic rings. The maximum atomic E-state index is 14.6. The lowest BCUT2D eigenvalue weighted by Crippen LogP contribution is -2.36. The van der Waals surface area contributed by atoms with Crippen molar-refractivity contribution >= 4 is 17.2 Å². The predicted molar refractivity (Wildman–Crippen MR) is 130 cm³/mol. The van der Waals surface area contributed by atoms with Gasteiger partial charge in [0.25, 0.3) is 5.91 Å². The van der Waals surface area contributed by atoms with Gasteiger partial charge in [-0.05, 0) is 44.2 Å². The van der Waals surface area contributed by atoms with E-state index < -0.39 is 40.9 Å². The van der Waals surface area contributed by atoms with E-state index >= 15 is 0 Å². The number of alkyl halides is 5. The Morgan fingerprint density at radius 2 is 1.75 bits per heavy atom. The highest BCUT2D eigenvalue weighted by molar-refractivity contribution is 6.03. The van der Waals surface area contributed by atoms with Gasteiger partial charge in [-0.15, -0.1) is 0 Å². The Balaban J connectivity index is 1.46. The minimum atomic E-state index is -5.96. The molecule has 0 aliphatic rings. The van der Waals surface area contributed by atoms with Crippen molar-refractivity contribution in [1.29, 1.82) is 0 Å². The van der Waals surface area contributed by atoms with Crippen molar-refractivity contribution in [2.24, 2.45) is 0 Å². The number of hydrogen-bond donors (Lipinski definition) is 1. The number of nitrogens with zero attached hydrogens (tertiary/aromatic N) is 7. The molecule has 0 bridgehead atoms. The van der Waals surface area contributed by atoms with Crippen LogP contribution in [0.25, 0.3) is 16.9 Å². The maximum Gasteiger partial charge on any atom is 0.459 e. The smallest absolute Gasteiger partial charge is 0.318 e. The van der Waals surface area contributed by atoms with Crippen molar-refractivity contribution < 1.29 is 31.1 Å².